The summed E-state index contributed by atoms with van der Waals surface area (Å²) in [5.41, 5.74) is 12.6. The summed E-state index contributed by atoms with van der Waals surface area (Å²) in [6.07, 6.45) is 3.65. The van der Waals surface area contributed by atoms with E-state index in [0.717, 1.165) is 100 Å². The Morgan fingerprint density at radius 1 is 0.361 bits per heavy atom. The zero-order chi connectivity index (χ0) is 40.3. The van der Waals surface area contributed by atoms with E-state index < -0.39 is 0 Å². The fraction of sp³-hybridized carbons (Fsp3) is 0. The van der Waals surface area contributed by atoms with Crippen LogP contribution in [0.3, 0.4) is 0 Å². The van der Waals surface area contributed by atoms with Gasteiger partial charge in [0.1, 0.15) is 22.2 Å². The Morgan fingerprint density at radius 3 is 1.52 bits per heavy atom. The summed E-state index contributed by atoms with van der Waals surface area (Å²) >= 11 is 0. The SMILES string of the molecule is c1ccc(N(c2ccc(-c3nc4ccccc4o3)cc2)c2ccc3c(ccc4oc5cc(N(c6ccc(-c7nc8ccccc8o7)cc6)c6cccnc6)ccc5c43)c2)cc1. The quantitative estimate of drug-likeness (QED) is 0.150. The summed E-state index contributed by atoms with van der Waals surface area (Å²) in [6, 6.07) is 64.0. The Bertz CT molecular complexity index is 3310. The van der Waals surface area contributed by atoms with Crippen molar-refractivity contribution in [3.8, 4) is 22.9 Å². The predicted molar refractivity (Wildman–Crippen MR) is 244 cm³/mol. The highest BCUT2D eigenvalue weighted by Gasteiger charge is 2.20. The van der Waals surface area contributed by atoms with Crippen LogP contribution >= 0.6 is 0 Å². The number of para-hydroxylation sites is 5. The van der Waals surface area contributed by atoms with Gasteiger partial charge in [-0.1, -0.05) is 54.6 Å². The van der Waals surface area contributed by atoms with Crippen LogP contribution in [-0.4, -0.2) is 15.0 Å². The Balaban J connectivity index is 0.909. The highest BCUT2D eigenvalue weighted by molar-refractivity contribution is 6.19. The Hall–Kier alpha value is -8.49. The summed E-state index contributed by atoms with van der Waals surface area (Å²) in [6.45, 7) is 0. The van der Waals surface area contributed by atoms with Crippen molar-refractivity contribution >= 4 is 89.0 Å². The van der Waals surface area contributed by atoms with E-state index in [0.29, 0.717) is 11.8 Å². The van der Waals surface area contributed by atoms with E-state index in [-0.39, 0.29) is 0 Å². The number of rotatable bonds is 8. The van der Waals surface area contributed by atoms with Crippen LogP contribution in [-0.2, 0) is 0 Å². The number of nitrogens with zero attached hydrogens (tertiary/aromatic N) is 5. The number of aromatic nitrogens is 3. The average molecular weight is 788 g/mol. The highest BCUT2D eigenvalue weighted by atomic mass is 16.4. The van der Waals surface area contributed by atoms with E-state index in [1.54, 1.807) is 6.20 Å². The lowest BCUT2D eigenvalue weighted by Crippen LogP contribution is -2.10. The Morgan fingerprint density at radius 2 is 0.902 bits per heavy atom. The van der Waals surface area contributed by atoms with Crippen LogP contribution in [0, 0.1) is 0 Å². The van der Waals surface area contributed by atoms with Crippen LogP contribution in [0.2, 0.25) is 0 Å². The first-order valence-electron chi connectivity index (χ1n) is 20.1. The van der Waals surface area contributed by atoms with Crippen molar-refractivity contribution in [3.05, 3.63) is 200 Å². The number of furan rings is 1. The van der Waals surface area contributed by atoms with E-state index >= 15 is 0 Å². The predicted octanol–water partition coefficient (Wildman–Crippen LogP) is 14.7. The number of anilines is 6. The lowest BCUT2D eigenvalue weighted by atomic mass is 10.0. The maximum absolute atomic E-state index is 6.63. The molecule has 0 radical (unpaired) electrons. The molecule has 0 spiro atoms. The van der Waals surface area contributed by atoms with E-state index in [2.05, 4.69) is 130 Å². The van der Waals surface area contributed by atoms with Crippen molar-refractivity contribution in [1.29, 1.82) is 0 Å². The van der Waals surface area contributed by atoms with Crippen molar-refractivity contribution < 1.29 is 13.3 Å². The van der Waals surface area contributed by atoms with Crippen molar-refractivity contribution in [3.63, 3.8) is 0 Å². The van der Waals surface area contributed by atoms with Crippen molar-refractivity contribution in [1.82, 2.24) is 15.0 Å². The number of hydrogen-bond acceptors (Lipinski definition) is 8. The monoisotopic (exact) mass is 787 g/mol. The first-order chi connectivity index (χ1) is 30.2. The van der Waals surface area contributed by atoms with Crippen LogP contribution in [0.15, 0.2) is 214 Å². The number of oxazole rings is 2. The third-order valence-corrected chi connectivity index (χ3v) is 11.2. The van der Waals surface area contributed by atoms with Gasteiger partial charge in [-0.25, -0.2) is 9.97 Å². The molecule has 4 heterocycles. The third-order valence-electron chi connectivity index (χ3n) is 11.2. The molecule has 0 aliphatic carbocycles. The van der Waals surface area contributed by atoms with E-state index in [9.17, 15) is 0 Å². The molecule has 8 nitrogen and oxygen atoms in total. The molecule has 4 aromatic heterocycles. The average Bonchev–Trinajstić information content (AvgIpc) is 4.06. The summed E-state index contributed by atoms with van der Waals surface area (Å²) in [5, 5.41) is 4.35. The molecule has 0 aliphatic heterocycles. The fourth-order valence-electron chi connectivity index (χ4n) is 8.31. The zero-order valence-corrected chi connectivity index (χ0v) is 32.5. The van der Waals surface area contributed by atoms with Gasteiger partial charge in [0.25, 0.3) is 0 Å². The molecular formula is C53H33N5O3. The summed E-state index contributed by atoms with van der Waals surface area (Å²) < 4.78 is 18.8. The molecule has 0 saturated heterocycles. The Labute approximate surface area is 349 Å². The van der Waals surface area contributed by atoms with Crippen LogP contribution in [0.25, 0.3) is 77.8 Å². The third kappa shape index (κ3) is 6.05. The van der Waals surface area contributed by atoms with Crippen LogP contribution in [0.1, 0.15) is 0 Å². The van der Waals surface area contributed by atoms with Gasteiger partial charge in [0.05, 0.1) is 11.9 Å². The van der Waals surface area contributed by atoms with Gasteiger partial charge < -0.3 is 23.1 Å². The minimum absolute atomic E-state index is 0.586. The largest absolute Gasteiger partial charge is 0.456 e. The van der Waals surface area contributed by atoms with Gasteiger partial charge in [-0.2, -0.15) is 0 Å². The summed E-state index contributed by atoms with van der Waals surface area (Å²) in [5.74, 6) is 1.19. The number of fused-ring (bicyclic) bond motifs is 7. The smallest absolute Gasteiger partial charge is 0.227 e. The normalized spacial score (nSPS) is 11.6. The van der Waals surface area contributed by atoms with Crippen LogP contribution in [0.4, 0.5) is 34.1 Å². The van der Waals surface area contributed by atoms with Gasteiger partial charge in [-0.05, 0) is 138 Å². The molecule has 0 N–H and O–H groups in total. The molecule has 12 rings (SSSR count). The molecular weight excluding hydrogens is 755 g/mol. The minimum atomic E-state index is 0.586. The van der Waals surface area contributed by atoms with Crippen molar-refractivity contribution in [2.75, 3.05) is 9.80 Å². The van der Waals surface area contributed by atoms with Gasteiger partial charge in [0.15, 0.2) is 11.2 Å². The van der Waals surface area contributed by atoms with Gasteiger partial charge >= 0.3 is 0 Å². The lowest BCUT2D eigenvalue weighted by molar-refractivity contribution is 0.619. The maximum atomic E-state index is 6.63. The van der Waals surface area contributed by atoms with E-state index in [1.807, 2.05) is 79.0 Å². The molecule has 0 saturated carbocycles. The van der Waals surface area contributed by atoms with Gasteiger partial charge in [0.2, 0.25) is 11.8 Å². The zero-order valence-electron chi connectivity index (χ0n) is 32.5. The molecule has 0 aliphatic rings. The molecule has 288 valence electrons. The van der Waals surface area contributed by atoms with Crippen LogP contribution in [0.5, 0.6) is 0 Å². The highest BCUT2D eigenvalue weighted by Crippen LogP contribution is 2.43. The van der Waals surface area contributed by atoms with E-state index in [1.165, 1.54) is 0 Å². The standard InChI is InChI=1S/C53H33N5O3/c1-2-9-37(10-3-1)57(38-21-16-34(17-22-38)52-55-45-12-4-6-14-47(45)60-52)40-25-27-43-36(31-40)20-29-49-51(43)44-28-26-41(32-50(44)59-49)58(42-11-8-30-54-33-42)39-23-18-35(19-24-39)53-56-46-13-5-7-15-48(46)61-53/h1-33H. The molecule has 8 heteroatoms. The lowest BCUT2D eigenvalue weighted by Gasteiger charge is -2.26. The number of benzene rings is 8. The molecule has 0 amide bonds. The molecule has 0 unspecified atom stereocenters. The number of hydrogen-bond donors (Lipinski definition) is 0. The summed E-state index contributed by atoms with van der Waals surface area (Å²) in [4.78, 5) is 18.3. The maximum Gasteiger partial charge on any atom is 0.227 e. The number of pyridine rings is 1. The van der Waals surface area contributed by atoms with Crippen LogP contribution < -0.4 is 9.80 Å². The molecule has 0 fully saturated rings. The minimum Gasteiger partial charge on any atom is -0.456 e. The van der Waals surface area contributed by atoms with Gasteiger partial charge in [0, 0.05) is 62.6 Å². The molecule has 61 heavy (non-hydrogen) atoms. The second-order valence-electron chi connectivity index (χ2n) is 14.9. The topological polar surface area (TPSA) is 84.6 Å². The first-order valence-corrected chi connectivity index (χ1v) is 20.1. The van der Waals surface area contributed by atoms with Crippen molar-refractivity contribution in [2.45, 2.75) is 0 Å². The molecule has 0 atom stereocenters. The van der Waals surface area contributed by atoms with E-state index in [4.69, 9.17) is 23.2 Å². The molecule has 12 aromatic rings. The molecule has 0 bridgehead atoms. The van der Waals surface area contributed by atoms with Crippen molar-refractivity contribution in [2.24, 2.45) is 0 Å². The Kier molecular flexibility index (Phi) is 7.99. The van der Waals surface area contributed by atoms with Gasteiger partial charge in [-0.15, -0.1) is 0 Å². The van der Waals surface area contributed by atoms with Gasteiger partial charge in [-0.3, -0.25) is 4.98 Å². The molecule has 8 aromatic carbocycles. The fourth-order valence-corrected chi connectivity index (χ4v) is 8.31. The second-order valence-corrected chi connectivity index (χ2v) is 14.9. The first kappa shape index (κ1) is 34.5. The second kappa shape index (κ2) is 14.1. The summed E-state index contributed by atoms with van der Waals surface area (Å²) in [7, 11) is 0.